The first-order valence-electron chi connectivity index (χ1n) is 7.30. The van der Waals surface area contributed by atoms with Crippen LogP contribution in [0.25, 0.3) is 0 Å². The Labute approximate surface area is 121 Å². The lowest BCUT2D eigenvalue weighted by atomic mass is 9.91. The van der Waals surface area contributed by atoms with Gasteiger partial charge in [0.05, 0.1) is 0 Å². The van der Waals surface area contributed by atoms with Crippen molar-refractivity contribution in [3.05, 3.63) is 35.9 Å². The van der Waals surface area contributed by atoms with Gasteiger partial charge in [0, 0.05) is 25.7 Å². The first kappa shape index (κ1) is 15.0. The van der Waals surface area contributed by atoms with E-state index in [0.717, 1.165) is 31.6 Å². The Morgan fingerprint density at radius 3 is 2.60 bits per heavy atom. The van der Waals surface area contributed by atoms with Gasteiger partial charge in [-0.3, -0.25) is 9.69 Å². The Bertz CT molecular complexity index is 458. The van der Waals surface area contributed by atoms with Gasteiger partial charge in [-0.05, 0) is 26.0 Å². The van der Waals surface area contributed by atoms with Gasteiger partial charge < -0.3 is 10.6 Å². The highest BCUT2D eigenvalue weighted by molar-refractivity contribution is 5.87. The fourth-order valence-corrected chi connectivity index (χ4v) is 2.81. The van der Waals surface area contributed by atoms with Crippen molar-refractivity contribution in [1.82, 2.24) is 9.80 Å². The van der Waals surface area contributed by atoms with Crippen LogP contribution in [0.5, 0.6) is 0 Å². The smallest absolute Gasteiger partial charge is 0.247 e. The molecule has 1 fully saturated rings. The molecule has 0 bridgehead atoms. The monoisotopic (exact) mass is 275 g/mol. The van der Waals surface area contributed by atoms with Gasteiger partial charge in [0.2, 0.25) is 5.91 Å². The van der Waals surface area contributed by atoms with Gasteiger partial charge in [-0.25, -0.2) is 0 Å². The predicted octanol–water partition coefficient (Wildman–Crippen LogP) is 1.41. The van der Waals surface area contributed by atoms with Crippen molar-refractivity contribution in [3.63, 3.8) is 0 Å². The topological polar surface area (TPSA) is 49.6 Å². The molecule has 0 spiro atoms. The predicted molar refractivity (Wildman–Crippen MR) is 81.3 cm³/mol. The normalized spacial score (nSPS) is 23.4. The molecule has 1 saturated heterocycles. The number of hydrogen-bond acceptors (Lipinski definition) is 3. The number of benzene rings is 1. The number of rotatable bonds is 3. The van der Waals surface area contributed by atoms with Crippen molar-refractivity contribution in [2.75, 3.05) is 26.7 Å². The van der Waals surface area contributed by atoms with Crippen LogP contribution in [-0.4, -0.2) is 48.4 Å². The molecular formula is C16H25N3O. The second kappa shape index (κ2) is 5.94. The molecule has 4 heteroatoms. The van der Waals surface area contributed by atoms with Crippen LogP contribution < -0.4 is 5.73 Å². The molecule has 2 unspecified atom stereocenters. The van der Waals surface area contributed by atoms with Crippen molar-refractivity contribution < 1.29 is 4.79 Å². The van der Waals surface area contributed by atoms with Gasteiger partial charge in [0.1, 0.15) is 5.54 Å². The summed E-state index contributed by atoms with van der Waals surface area (Å²) in [5.74, 6) is 0.0234. The standard InChI is InChI=1S/C16H25N3O/c1-4-14-12-19(11-10-18(14)3)15(20)16(2,17)13-8-6-5-7-9-13/h5-9,14H,4,10-12,17H2,1-3H3. The molecule has 110 valence electrons. The minimum atomic E-state index is -0.949. The number of carbonyl (C=O) groups excluding carboxylic acids is 1. The van der Waals surface area contributed by atoms with Crippen LogP contribution in [0, 0.1) is 0 Å². The van der Waals surface area contributed by atoms with Gasteiger partial charge in [-0.2, -0.15) is 0 Å². The summed E-state index contributed by atoms with van der Waals surface area (Å²) in [6.45, 7) is 6.41. The number of likely N-dealkylation sites (N-methyl/N-ethyl adjacent to an activating group) is 1. The lowest BCUT2D eigenvalue weighted by molar-refractivity contribution is -0.139. The van der Waals surface area contributed by atoms with Gasteiger partial charge >= 0.3 is 0 Å². The maximum absolute atomic E-state index is 12.8. The molecule has 2 rings (SSSR count). The lowest BCUT2D eigenvalue weighted by Crippen LogP contribution is -2.59. The summed E-state index contributed by atoms with van der Waals surface area (Å²) in [5, 5.41) is 0. The molecule has 0 aromatic heterocycles. The zero-order valence-corrected chi connectivity index (χ0v) is 12.7. The highest BCUT2D eigenvalue weighted by Crippen LogP contribution is 2.22. The van der Waals surface area contributed by atoms with E-state index in [2.05, 4.69) is 18.9 Å². The Balaban J connectivity index is 2.15. The lowest BCUT2D eigenvalue weighted by Gasteiger charge is -2.42. The fraction of sp³-hybridized carbons (Fsp3) is 0.562. The zero-order chi connectivity index (χ0) is 14.8. The summed E-state index contributed by atoms with van der Waals surface area (Å²) < 4.78 is 0. The van der Waals surface area contributed by atoms with Crippen molar-refractivity contribution in [2.24, 2.45) is 5.73 Å². The molecule has 4 nitrogen and oxygen atoms in total. The van der Waals surface area contributed by atoms with Crippen LogP contribution in [0.4, 0.5) is 0 Å². The van der Waals surface area contributed by atoms with E-state index in [-0.39, 0.29) is 5.91 Å². The van der Waals surface area contributed by atoms with E-state index < -0.39 is 5.54 Å². The summed E-state index contributed by atoms with van der Waals surface area (Å²) in [6.07, 6.45) is 1.05. The molecule has 1 heterocycles. The zero-order valence-electron chi connectivity index (χ0n) is 12.7. The summed E-state index contributed by atoms with van der Waals surface area (Å²) in [7, 11) is 2.12. The van der Waals surface area contributed by atoms with Crippen LogP contribution in [0.2, 0.25) is 0 Å². The SMILES string of the molecule is CCC1CN(C(=O)C(C)(N)c2ccccc2)CCN1C. The van der Waals surface area contributed by atoms with Crippen molar-refractivity contribution in [2.45, 2.75) is 31.8 Å². The second-order valence-corrected chi connectivity index (χ2v) is 5.86. The maximum Gasteiger partial charge on any atom is 0.247 e. The van der Waals surface area contributed by atoms with E-state index >= 15 is 0 Å². The minimum absolute atomic E-state index is 0.0234. The van der Waals surface area contributed by atoms with Crippen LogP contribution >= 0.6 is 0 Å². The number of nitrogens with two attached hydrogens (primary N) is 1. The average Bonchev–Trinajstić information content (AvgIpc) is 2.48. The summed E-state index contributed by atoms with van der Waals surface area (Å²) >= 11 is 0. The van der Waals surface area contributed by atoms with E-state index in [4.69, 9.17) is 5.73 Å². The summed E-state index contributed by atoms with van der Waals surface area (Å²) in [4.78, 5) is 17.0. The van der Waals surface area contributed by atoms with E-state index in [1.54, 1.807) is 0 Å². The largest absolute Gasteiger partial charge is 0.338 e. The Morgan fingerprint density at radius 1 is 1.35 bits per heavy atom. The first-order valence-corrected chi connectivity index (χ1v) is 7.30. The third-order valence-corrected chi connectivity index (χ3v) is 4.35. The summed E-state index contributed by atoms with van der Waals surface area (Å²) in [6, 6.07) is 10.1. The molecule has 0 aliphatic carbocycles. The third kappa shape index (κ3) is 2.86. The Kier molecular flexibility index (Phi) is 4.45. The third-order valence-electron chi connectivity index (χ3n) is 4.35. The summed E-state index contributed by atoms with van der Waals surface area (Å²) in [5.41, 5.74) is 6.25. The molecule has 20 heavy (non-hydrogen) atoms. The van der Waals surface area contributed by atoms with Gasteiger partial charge in [0.15, 0.2) is 0 Å². The van der Waals surface area contributed by atoms with Crippen molar-refractivity contribution >= 4 is 5.91 Å². The highest BCUT2D eigenvalue weighted by Gasteiger charge is 2.37. The van der Waals surface area contributed by atoms with E-state index in [0.29, 0.717) is 6.04 Å². The van der Waals surface area contributed by atoms with Gasteiger partial charge in [-0.1, -0.05) is 37.3 Å². The van der Waals surface area contributed by atoms with E-state index in [1.165, 1.54) is 0 Å². The Hall–Kier alpha value is -1.39. The molecule has 1 amide bonds. The fourth-order valence-electron chi connectivity index (χ4n) is 2.81. The molecule has 1 aromatic carbocycles. The van der Waals surface area contributed by atoms with E-state index in [9.17, 15) is 4.79 Å². The first-order chi connectivity index (χ1) is 9.46. The van der Waals surface area contributed by atoms with Gasteiger partial charge in [-0.15, -0.1) is 0 Å². The van der Waals surface area contributed by atoms with E-state index in [1.807, 2.05) is 42.2 Å². The molecule has 2 N–H and O–H groups in total. The highest BCUT2D eigenvalue weighted by atomic mass is 16.2. The van der Waals surface area contributed by atoms with Gasteiger partial charge in [0.25, 0.3) is 0 Å². The number of carbonyl (C=O) groups is 1. The average molecular weight is 275 g/mol. The molecule has 1 aromatic rings. The number of nitrogens with zero attached hydrogens (tertiary/aromatic N) is 2. The minimum Gasteiger partial charge on any atom is -0.338 e. The number of piperazine rings is 1. The molecule has 0 radical (unpaired) electrons. The second-order valence-electron chi connectivity index (χ2n) is 5.86. The molecule has 1 aliphatic rings. The number of amides is 1. The Morgan fingerprint density at radius 2 is 2.00 bits per heavy atom. The van der Waals surface area contributed by atoms with Crippen LogP contribution in [0.3, 0.4) is 0 Å². The van der Waals surface area contributed by atoms with Crippen molar-refractivity contribution in [3.8, 4) is 0 Å². The quantitative estimate of drug-likeness (QED) is 0.907. The van der Waals surface area contributed by atoms with Crippen molar-refractivity contribution in [1.29, 1.82) is 0 Å². The molecule has 2 atom stereocenters. The molecule has 0 saturated carbocycles. The number of hydrogen-bond donors (Lipinski definition) is 1. The molecule has 1 aliphatic heterocycles. The molecular weight excluding hydrogens is 250 g/mol. The maximum atomic E-state index is 12.8. The van der Waals surface area contributed by atoms with Crippen LogP contribution in [0.15, 0.2) is 30.3 Å². The van der Waals surface area contributed by atoms with Crippen LogP contribution in [0.1, 0.15) is 25.8 Å². The van der Waals surface area contributed by atoms with Crippen LogP contribution in [-0.2, 0) is 10.3 Å².